The van der Waals surface area contributed by atoms with Crippen molar-refractivity contribution in [2.75, 3.05) is 13.2 Å². The van der Waals surface area contributed by atoms with E-state index in [0.717, 1.165) is 37.2 Å². The van der Waals surface area contributed by atoms with Crippen LogP contribution in [0.15, 0.2) is 15.7 Å². The van der Waals surface area contributed by atoms with Gasteiger partial charge in [-0.2, -0.15) is 0 Å². The van der Waals surface area contributed by atoms with Gasteiger partial charge in [-0.25, -0.2) is 13.6 Å². The van der Waals surface area contributed by atoms with E-state index in [4.69, 9.17) is 9.88 Å². The number of ether oxygens (including phenoxy) is 1. The van der Waals surface area contributed by atoms with Gasteiger partial charge in [-0.3, -0.25) is 4.79 Å². The van der Waals surface area contributed by atoms with Crippen LogP contribution in [-0.2, 0) is 14.8 Å². The smallest absolute Gasteiger partial charge is 0.252 e. The van der Waals surface area contributed by atoms with Crippen molar-refractivity contribution in [1.29, 1.82) is 0 Å². The van der Waals surface area contributed by atoms with Crippen LogP contribution in [0.25, 0.3) is 0 Å². The highest BCUT2D eigenvalue weighted by molar-refractivity contribution is 7.91. The van der Waals surface area contributed by atoms with E-state index in [2.05, 4.69) is 5.32 Å². The minimum absolute atomic E-state index is 0.00781. The number of carbonyl (C=O) groups excluding carboxylic acids is 1. The zero-order valence-electron chi connectivity index (χ0n) is 10.3. The molecule has 0 saturated carbocycles. The van der Waals surface area contributed by atoms with Crippen LogP contribution in [0.3, 0.4) is 0 Å². The van der Waals surface area contributed by atoms with Gasteiger partial charge in [0.05, 0.1) is 11.7 Å². The summed E-state index contributed by atoms with van der Waals surface area (Å²) in [5.41, 5.74) is 0.310. The lowest BCUT2D eigenvalue weighted by Crippen LogP contribution is -2.35. The third-order valence-electron chi connectivity index (χ3n) is 2.88. The van der Waals surface area contributed by atoms with Crippen molar-refractivity contribution in [3.05, 3.63) is 17.0 Å². The van der Waals surface area contributed by atoms with Gasteiger partial charge in [0.2, 0.25) is 10.0 Å². The van der Waals surface area contributed by atoms with E-state index in [1.165, 1.54) is 11.4 Å². The van der Waals surface area contributed by atoms with Crippen molar-refractivity contribution >= 4 is 27.3 Å². The highest BCUT2D eigenvalue weighted by atomic mass is 32.2. The molecule has 0 radical (unpaired) electrons. The number of hydrogen-bond acceptors (Lipinski definition) is 5. The van der Waals surface area contributed by atoms with Crippen molar-refractivity contribution in [3.8, 4) is 0 Å². The summed E-state index contributed by atoms with van der Waals surface area (Å²) in [5, 5.41) is 9.22. The lowest BCUT2D eigenvalue weighted by atomic mass is 10.1. The number of rotatable bonds is 4. The summed E-state index contributed by atoms with van der Waals surface area (Å²) in [5.74, 6) is -0.305. The first kappa shape index (κ1) is 14.4. The fraction of sp³-hybridized carbons (Fsp3) is 0.545. The van der Waals surface area contributed by atoms with Gasteiger partial charge in [0.15, 0.2) is 0 Å². The lowest BCUT2D eigenvalue weighted by molar-refractivity contribution is 0.0169. The fourth-order valence-electron chi connectivity index (χ4n) is 1.86. The standard InChI is InChI=1S/C11H16N2O4S2/c12-19(15,16)10-5-8(7-18-10)11(14)13-6-9-3-1-2-4-17-9/h5,7,9H,1-4,6H2,(H,13,14)(H2,12,15,16). The summed E-state index contributed by atoms with van der Waals surface area (Å²) in [4.78, 5) is 11.8. The first-order valence-corrected chi connectivity index (χ1v) is 8.40. The highest BCUT2D eigenvalue weighted by Crippen LogP contribution is 2.19. The molecule has 106 valence electrons. The van der Waals surface area contributed by atoms with Crippen LogP contribution in [0.5, 0.6) is 0 Å². The second kappa shape index (κ2) is 6.00. The zero-order chi connectivity index (χ0) is 13.9. The van der Waals surface area contributed by atoms with Crippen LogP contribution in [0, 0.1) is 0 Å². The van der Waals surface area contributed by atoms with Crippen molar-refractivity contribution < 1.29 is 17.9 Å². The number of primary sulfonamides is 1. The monoisotopic (exact) mass is 304 g/mol. The molecule has 1 saturated heterocycles. The van der Waals surface area contributed by atoms with Crippen LogP contribution in [0.2, 0.25) is 0 Å². The van der Waals surface area contributed by atoms with E-state index in [1.54, 1.807) is 0 Å². The van der Waals surface area contributed by atoms with Gasteiger partial charge in [-0.1, -0.05) is 0 Å². The number of amides is 1. The Hall–Kier alpha value is -0.960. The van der Waals surface area contributed by atoms with Gasteiger partial charge in [0.1, 0.15) is 4.21 Å². The molecule has 1 unspecified atom stereocenters. The molecule has 3 N–H and O–H groups in total. The Morgan fingerprint density at radius 1 is 1.53 bits per heavy atom. The maximum atomic E-state index is 11.8. The summed E-state index contributed by atoms with van der Waals surface area (Å²) >= 11 is 0.941. The van der Waals surface area contributed by atoms with Gasteiger partial charge in [0.25, 0.3) is 5.91 Å². The molecule has 2 rings (SSSR count). The van der Waals surface area contributed by atoms with Crippen molar-refractivity contribution in [2.45, 2.75) is 29.6 Å². The van der Waals surface area contributed by atoms with Crippen LogP contribution in [-0.4, -0.2) is 33.6 Å². The van der Waals surface area contributed by atoms with Crippen LogP contribution in [0.4, 0.5) is 0 Å². The first-order valence-electron chi connectivity index (χ1n) is 5.98. The van der Waals surface area contributed by atoms with E-state index >= 15 is 0 Å². The Kier molecular flexibility index (Phi) is 4.56. The molecular weight excluding hydrogens is 288 g/mol. The predicted octanol–water partition coefficient (Wildman–Crippen LogP) is 0.694. The molecule has 0 aliphatic carbocycles. The Morgan fingerprint density at radius 2 is 2.32 bits per heavy atom. The molecule has 8 heteroatoms. The maximum absolute atomic E-state index is 11.8. The topological polar surface area (TPSA) is 98.5 Å². The largest absolute Gasteiger partial charge is 0.376 e. The highest BCUT2D eigenvalue weighted by Gasteiger charge is 2.18. The maximum Gasteiger partial charge on any atom is 0.252 e. The normalized spacial score (nSPS) is 20.2. The molecule has 1 fully saturated rings. The fourth-order valence-corrected chi connectivity index (χ4v) is 3.45. The van der Waals surface area contributed by atoms with Gasteiger partial charge in [0, 0.05) is 18.5 Å². The van der Waals surface area contributed by atoms with Crippen molar-refractivity contribution in [1.82, 2.24) is 5.32 Å². The first-order chi connectivity index (χ1) is 8.97. The van der Waals surface area contributed by atoms with E-state index < -0.39 is 10.0 Å². The van der Waals surface area contributed by atoms with Crippen LogP contribution < -0.4 is 10.5 Å². The SMILES string of the molecule is NS(=O)(=O)c1cc(C(=O)NCC2CCCCO2)cs1. The Balaban J connectivity index is 1.91. The second-order valence-corrected chi connectivity index (χ2v) is 7.10. The van der Waals surface area contributed by atoms with Crippen molar-refractivity contribution in [2.24, 2.45) is 5.14 Å². The molecule has 1 aromatic rings. The summed E-state index contributed by atoms with van der Waals surface area (Å²) in [6.07, 6.45) is 3.15. The van der Waals surface area contributed by atoms with E-state index in [-0.39, 0.29) is 16.2 Å². The number of nitrogens with two attached hydrogens (primary N) is 1. The molecule has 1 aliphatic rings. The van der Waals surface area contributed by atoms with E-state index in [9.17, 15) is 13.2 Å². The zero-order valence-corrected chi connectivity index (χ0v) is 11.9. The quantitative estimate of drug-likeness (QED) is 0.855. The van der Waals surface area contributed by atoms with E-state index in [1.807, 2.05) is 0 Å². The third-order valence-corrected chi connectivity index (χ3v) is 5.27. The average molecular weight is 304 g/mol. The molecule has 0 spiro atoms. The number of carbonyl (C=O) groups is 1. The minimum Gasteiger partial charge on any atom is -0.376 e. The van der Waals surface area contributed by atoms with Gasteiger partial charge >= 0.3 is 0 Å². The Bertz CT molecular complexity index is 547. The third kappa shape index (κ3) is 4.00. The molecule has 19 heavy (non-hydrogen) atoms. The predicted molar refractivity (Wildman–Crippen MR) is 71.6 cm³/mol. The summed E-state index contributed by atoms with van der Waals surface area (Å²) in [6, 6.07) is 1.29. The number of thiophene rings is 1. The minimum atomic E-state index is -3.74. The summed E-state index contributed by atoms with van der Waals surface area (Å²) in [7, 11) is -3.74. The van der Waals surface area contributed by atoms with Crippen LogP contribution >= 0.6 is 11.3 Å². The molecule has 1 atom stereocenters. The van der Waals surface area contributed by atoms with Gasteiger partial charge < -0.3 is 10.1 Å². The van der Waals surface area contributed by atoms with E-state index in [0.29, 0.717) is 12.1 Å². The number of sulfonamides is 1. The lowest BCUT2D eigenvalue weighted by Gasteiger charge is -2.22. The molecule has 2 heterocycles. The molecule has 6 nitrogen and oxygen atoms in total. The Morgan fingerprint density at radius 3 is 2.89 bits per heavy atom. The molecule has 1 aliphatic heterocycles. The summed E-state index contributed by atoms with van der Waals surface area (Å²) in [6.45, 7) is 1.17. The molecule has 1 aromatic heterocycles. The molecule has 1 amide bonds. The van der Waals surface area contributed by atoms with Gasteiger partial charge in [-0.05, 0) is 25.3 Å². The van der Waals surface area contributed by atoms with Gasteiger partial charge in [-0.15, -0.1) is 11.3 Å². The molecule has 0 aromatic carbocycles. The van der Waals surface area contributed by atoms with Crippen LogP contribution in [0.1, 0.15) is 29.6 Å². The Labute approximate surface area is 116 Å². The second-order valence-electron chi connectivity index (χ2n) is 4.40. The number of nitrogens with one attached hydrogen (secondary N) is 1. The summed E-state index contributed by atoms with van der Waals surface area (Å²) < 4.78 is 27.7. The number of hydrogen-bond donors (Lipinski definition) is 2. The average Bonchev–Trinajstić information content (AvgIpc) is 2.87. The van der Waals surface area contributed by atoms with Crippen molar-refractivity contribution in [3.63, 3.8) is 0 Å². The molecule has 0 bridgehead atoms. The molecular formula is C11H16N2O4S2.